The van der Waals surface area contributed by atoms with Crippen LogP contribution in [0.2, 0.25) is 0 Å². The molecular formula is C15H12F6N4O2S2. The van der Waals surface area contributed by atoms with Gasteiger partial charge in [-0.15, -0.1) is 4.36 Å². The number of fused-ring (bicyclic) bond motifs is 1. The molecule has 0 saturated heterocycles. The first-order chi connectivity index (χ1) is 13.4. The Morgan fingerprint density at radius 2 is 1.90 bits per heavy atom. The van der Waals surface area contributed by atoms with Crippen molar-refractivity contribution in [3.05, 3.63) is 33.7 Å². The smallest absolute Gasteiger partial charge is 0.305 e. The van der Waals surface area contributed by atoms with Gasteiger partial charge in [-0.05, 0) is 31.7 Å². The molecule has 1 aliphatic rings. The average Bonchev–Trinajstić information content (AvgIpc) is 3.24. The fourth-order valence-corrected chi connectivity index (χ4v) is 4.57. The van der Waals surface area contributed by atoms with Crippen molar-refractivity contribution >= 4 is 33.7 Å². The Kier molecular flexibility index (Phi) is 5.60. The molecule has 1 unspecified atom stereocenters. The number of anilines is 1. The minimum absolute atomic E-state index is 0.0730. The summed E-state index contributed by atoms with van der Waals surface area (Å²) in [7, 11) is -2.90. The highest BCUT2D eigenvalue weighted by molar-refractivity contribution is 7.78. The van der Waals surface area contributed by atoms with Gasteiger partial charge in [0, 0.05) is 11.3 Å². The third kappa shape index (κ3) is 4.52. The van der Waals surface area contributed by atoms with Crippen LogP contribution in [0, 0.1) is 6.92 Å². The number of carbonyl (C=O) groups excluding carboxylic acids is 1. The van der Waals surface area contributed by atoms with Gasteiger partial charge in [-0.1, -0.05) is 11.3 Å². The highest BCUT2D eigenvalue weighted by Gasteiger charge is 2.38. The average molecular weight is 458 g/mol. The zero-order chi connectivity index (χ0) is 21.6. The van der Waals surface area contributed by atoms with E-state index in [1.807, 2.05) is 0 Å². The zero-order valence-corrected chi connectivity index (χ0v) is 16.2. The molecule has 2 aromatic rings. The molecule has 0 bridgehead atoms. The summed E-state index contributed by atoms with van der Waals surface area (Å²) in [4.78, 5) is 18.8. The Morgan fingerprint density at radius 3 is 2.48 bits per heavy atom. The summed E-state index contributed by atoms with van der Waals surface area (Å²) in [5, 5.41) is 0.947. The Balaban J connectivity index is 1.91. The molecule has 0 spiro atoms. The van der Waals surface area contributed by atoms with Gasteiger partial charge in [0.05, 0.1) is 22.5 Å². The third-order valence-corrected chi connectivity index (χ3v) is 6.52. The van der Waals surface area contributed by atoms with Gasteiger partial charge < -0.3 is 5.32 Å². The first kappa shape index (κ1) is 21.5. The number of amides is 2. The summed E-state index contributed by atoms with van der Waals surface area (Å²) in [6.07, 6.45) is -7.51. The summed E-state index contributed by atoms with van der Waals surface area (Å²) in [5.74, 6) is 0. The van der Waals surface area contributed by atoms with Crippen LogP contribution >= 0.6 is 11.3 Å². The SMILES string of the molecule is Cc1c(C(F)(F)F)nc2c(c1NC(=O)/N=[SH](=O)/c1cnc(C(F)(F)F)s1)CCC2. The molecule has 0 saturated carbocycles. The maximum atomic E-state index is 13.2. The van der Waals surface area contributed by atoms with Crippen molar-refractivity contribution in [1.82, 2.24) is 9.97 Å². The molecule has 0 aliphatic heterocycles. The summed E-state index contributed by atoms with van der Waals surface area (Å²) in [6, 6.07) is -1.23. The third-order valence-electron chi connectivity index (χ3n) is 4.07. The number of hydrogen-bond acceptors (Lipinski definition) is 5. The van der Waals surface area contributed by atoms with Crippen LogP contribution in [0.15, 0.2) is 14.8 Å². The number of alkyl halides is 6. The molecule has 2 aromatic heterocycles. The fraction of sp³-hybridized carbons (Fsp3) is 0.400. The Morgan fingerprint density at radius 1 is 1.21 bits per heavy atom. The van der Waals surface area contributed by atoms with E-state index in [1.165, 1.54) is 0 Å². The van der Waals surface area contributed by atoms with Crippen LogP contribution in [0.4, 0.5) is 36.8 Å². The molecule has 3 rings (SSSR count). The van der Waals surface area contributed by atoms with Crippen LogP contribution in [-0.4, -0.2) is 20.2 Å². The summed E-state index contributed by atoms with van der Waals surface area (Å²) < 4.78 is 92.3. The molecule has 0 radical (unpaired) electrons. The van der Waals surface area contributed by atoms with Crippen LogP contribution in [0.25, 0.3) is 0 Å². The first-order valence-electron chi connectivity index (χ1n) is 8.00. The lowest BCUT2D eigenvalue weighted by atomic mass is 10.1. The molecule has 1 aliphatic carbocycles. The van der Waals surface area contributed by atoms with E-state index >= 15 is 0 Å². The Hall–Kier alpha value is -2.22. The van der Waals surface area contributed by atoms with E-state index in [0.717, 1.165) is 6.92 Å². The van der Waals surface area contributed by atoms with Crippen LogP contribution in [0.3, 0.4) is 0 Å². The van der Waals surface area contributed by atoms with Crippen molar-refractivity contribution in [1.29, 1.82) is 0 Å². The van der Waals surface area contributed by atoms with Gasteiger partial charge in [-0.3, -0.25) is 0 Å². The standard InChI is InChI=1S/C15H12F6N4O2S2/c1-6-10(7-3-2-4-8(7)23-11(6)14(16,17)18)24-13(26)25-29(27)9-5-22-12(28-9)15(19,20)21/h5,29H,2-4H2,1H3,(H,23,24,26). The number of aromatic nitrogens is 2. The van der Waals surface area contributed by atoms with Crippen molar-refractivity contribution < 1.29 is 35.3 Å². The molecule has 6 nitrogen and oxygen atoms in total. The van der Waals surface area contributed by atoms with E-state index in [9.17, 15) is 35.3 Å². The number of halogens is 6. The van der Waals surface area contributed by atoms with E-state index in [2.05, 4.69) is 19.6 Å². The molecule has 29 heavy (non-hydrogen) atoms. The summed E-state index contributed by atoms with van der Waals surface area (Å²) in [6.45, 7) is 1.14. The second-order valence-electron chi connectivity index (χ2n) is 6.04. The molecule has 14 heteroatoms. The highest BCUT2D eigenvalue weighted by Crippen LogP contribution is 2.39. The lowest BCUT2D eigenvalue weighted by molar-refractivity contribution is -0.141. The van der Waals surface area contributed by atoms with E-state index in [4.69, 9.17) is 0 Å². The van der Waals surface area contributed by atoms with E-state index in [1.54, 1.807) is 0 Å². The monoisotopic (exact) mass is 458 g/mol. The van der Waals surface area contributed by atoms with Gasteiger partial charge in [0.25, 0.3) is 0 Å². The predicted octanol–water partition coefficient (Wildman–Crippen LogP) is 4.63. The Labute approximate surface area is 165 Å². The minimum Gasteiger partial charge on any atom is -0.305 e. The van der Waals surface area contributed by atoms with Crippen molar-refractivity contribution in [2.75, 3.05) is 5.32 Å². The molecule has 0 fully saturated rings. The molecule has 158 valence electrons. The van der Waals surface area contributed by atoms with Gasteiger partial charge in [0.2, 0.25) is 0 Å². The molecule has 0 aromatic carbocycles. The number of aryl methyl sites for hydroxylation is 1. The normalized spacial score (nSPS) is 15.4. The first-order valence-corrected chi connectivity index (χ1v) is 10.0. The minimum atomic E-state index is -4.74. The number of urea groups is 1. The van der Waals surface area contributed by atoms with Crippen molar-refractivity contribution in [2.24, 2.45) is 4.36 Å². The van der Waals surface area contributed by atoms with Gasteiger partial charge in [0.15, 0.2) is 5.01 Å². The van der Waals surface area contributed by atoms with Crippen LogP contribution in [0.5, 0.6) is 0 Å². The largest absolute Gasteiger partial charge is 0.443 e. The molecule has 1 atom stereocenters. The quantitative estimate of drug-likeness (QED) is 0.508. The number of nitrogens with one attached hydrogen (secondary N) is 1. The van der Waals surface area contributed by atoms with Crippen LogP contribution in [0.1, 0.15) is 33.9 Å². The lowest BCUT2D eigenvalue weighted by Gasteiger charge is -2.17. The number of hydrogen-bond donors (Lipinski definition) is 2. The maximum Gasteiger partial charge on any atom is 0.443 e. The van der Waals surface area contributed by atoms with E-state index < -0.39 is 39.7 Å². The van der Waals surface area contributed by atoms with Gasteiger partial charge in [0.1, 0.15) is 9.90 Å². The van der Waals surface area contributed by atoms with E-state index in [0.29, 0.717) is 31.0 Å². The zero-order valence-electron chi connectivity index (χ0n) is 14.5. The van der Waals surface area contributed by atoms with Crippen molar-refractivity contribution in [3.8, 4) is 0 Å². The number of nitrogens with zero attached hydrogens (tertiary/aromatic N) is 3. The number of thiazole rings is 1. The highest BCUT2D eigenvalue weighted by atomic mass is 32.2. The summed E-state index contributed by atoms with van der Waals surface area (Å²) in [5.41, 5.74) is -0.923. The van der Waals surface area contributed by atoms with Gasteiger partial charge in [-0.2, -0.15) is 26.3 Å². The lowest BCUT2D eigenvalue weighted by Crippen LogP contribution is -2.17. The molecular weight excluding hydrogens is 446 g/mol. The fourth-order valence-electron chi connectivity index (χ4n) is 2.88. The second kappa shape index (κ2) is 7.55. The summed E-state index contributed by atoms with van der Waals surface area (Å²) >= 11 is 0.0730. The topological polar surface area (TPSA) is 84.3 Å². The molecule has 2 amide bonds. The molecule has 1 N–H and O–H groups in total. The maximum absolute atomic E-state index is 13.2. The number of carbonyl (C=O) groups is 1. The van der Waals surface area contributed by atoms with Crippen LogP contribution < -0.4 is 5.32 Å². The second-order valence-corrected chi connectivity index (χ2v) is 8.60. The number of thiol groups is 1. The van der Waals surface area contributed by atoms with Crippen molar-refractivity contribution in [2.45, 2.75) is 42.7 Å². The number of rotatable bonds is 2. The predicted molar refractivity (Wildman–Crippen MR) is 92.4 cm³/mol. The van der Waals surface area contributed by atoms with Crippen molar-refractivity contribution in [3.63, 3.8) is 0 Å². The van der Waals surface area contributed by atoms with Gasteiger partial charge in [-0.25, -0.2) is 19.0 Å². The van der Waals surface area contributed by atoms with E-state index in [-0.39, 0.29) is 32.5 Å². The molecule has 2 heterocycles. The number of pyridine rings is 1. The van der Waals surface area contributed by atoms with Crippen LogP contribution in [-0.2, 0) is 35.8 Å². The Bertz CT molecular complexity index is 1050. The van der Waals surface area contributed by atoms with Gasteiger partial charge >= 0.3 is 18.4 Å².